The summed E-state index contributed by atoms with van der Waals surface area (Å²) in [5.74, 6) is 0.391. The van der Waals surface area contributed by atoms with Crippen molar-refractivity contribution < 1.29 is 14.3 Å². The fourth-order valence-electron chi connectivity index (χ4n) is 3.60. The molecule has 0 saturated heterocycles. The van der Waals surface area contributed by atoms with Crippen LogP contribution < -0.4 is 4.74 Å². The van der Waals surface area contributed by atoms with Gasteiger partial charge in [0.25, 0.3) is 0 Å². The first kappa shape index (κ1) is 19.0. The highest BCUT2D eigenvalue weighted by Gasteiger charge is 2.22. The average molecular weight is 365 g/mol. The summed E-state index contributed by atoms with van der Waals surface area (Å²) in [7, 11) is 1.38. The molecule has 0 fully saturated rings. The summed E-state index contributed by atoms with van der Waals surface area (Å²) in [5.41, 5.74) is 7.06. The van der Waals surface area contributed by atoms with Gasteiger partial charge in [0.1, 0.15) is 5.75 Å². The van der Waals surface area contributed by atoms with Crippen LogP contribution in [0.2, 0.25) is 0 Å². The van der Waals surface area contributed by atoms with Gasteiger partial charge < -0.3 is 14.0 Å². The molecule has 0 amide bonds. The molecule has 0 radical (unpaired) electrons. The van der Waals surface area contributed by atoms with Gasteiger partial charge in [-0.25, -0.2) is 4.79 Å². The van der Waals surface area contributed by atoms with Gasteiger partial charge in [-0.15, -0.1) is 0 Å². The minimum Gasteiger partial charge on any atom is -0.478 e. The molecule has 0 bridgehead atoms. The number of rotatable bonds is 5. The lowest BCUT2D eigenvalue weighted by Crippen LogP contribution is -2.25. The van der Waals surface area contributed by atoms with E-state index < -0.39 is 6.10 Å². The zero-order valence-corrected chi connectivity index (χ0v) is 16.9. The van der Waals surface area contributed by atoms with Crippen molar-refractivity contribution in [2.24, 2.45) is 0 Å². The Hall–Kier alpha value is -2.75. The van der Waals surface area contributed by atoms with Crippen molar-refractivity contribution in [2.45, 2.75) is 47.3 Å². The van der Waals surface area contributed by atoms with E-state index in [9.17, 15) is 4.79 Å². The van der Waals surface area contributed by atoms with Gasteiger partial charge in [-0.05, 0) is 62.9 Å². The van der Waals surface area contributed by atoms with Crippen LogP contribution in [-0.4, -0.2) is 23.8 Å². The summed E-state index contributed by atoms with van der Waals surface area (Å²) < 4.78 is 13.2. The molecule has 1 heterocycles. The van der Waals surface area contributed by atoms with Crippen LogP contribution in [0.15, 0.2) is 36.4 Å². The molecule has 0 aliphatic rings. The molecule has 1 aromatic heterocycles. The summed E-state index contributed by atoms with van der Waals surface area (Å²) in [6.07, 6.45) is -0.656. The number of aromatic nitrogens is 1. The molecule has 2 aromatic carbocycles. The number of esters is 1. The van der Waals surface area contributed by atoms with Crippen LogP contribution in [0.4, 0.5) is 0 Å². The fourth-order valence-corrected chi connectivity index (χ4v) is 3.60. The Morgan fingerprint density at radius 3 is 2.33 bits per heavy atom. The zero-order valence-electron chi connectivity index (χ0n) is 16.9. The number of ether oxygens (including phenoxy) is 2. The standard InChI is InChI=1S/C23H27NO3/c1-14-12-20-21(24(14)13-19-10-8-7-9-11-19)16(3)15(2)17(4)22(20)27-18(5)23(25)26-6/h7-12,18H,13H2,1-6H3. The highest BCUT2D eigenvalue weighted by atomic mass is 16.6. The first-order valence-electron chi connectivity index (χ1n) is 9.23. The molecule has 3 aromatic rings. The van der Waals surface area contributed by atoms with E-state index in [2.05, 4.69) is 55.7 Å². The van der Waals surface area contributed by atoms with Crippen molar-refractivity contribution in [1.29, 1.82) is 0 Å². The summed E-state index contributed by atoms with van der Waals surface area (Å²) in [4.78, 5) is 11.9. The first-order valence-corrected chi connectivity index (χ1v) is 9.23. The second-order valence-electron chi connectivity index (χ2n) is 7.11. The van der Waals surface area contributed by atoms with Gasteiger partial charge in [-0.3, -0.25) is 0 Å². The molecule has 0 N–H and O–H groups in total. The number of carbonyl (C=O) groups excluding carboxylic acids is 1. The Balaban J connectivity index is 2.17. The van der Waals surface area contributed by atoms with Crippen molar-refractivity contribution >= 4 is 16.9 Å². The smallest absolute Gasteiger partial charge is 0.346 e. The maximum Gasteiger partial charge on any atom is 0.346 e. The lowest BCUT2D eigenvalue weighted by Gasteiger charge is -2.19. The number of carbonyl (C=O) groups is 1. The molecule has 1 atom stereocenters. The largest absolute Gasteiger partial charge is 0.478 e. The van der Waals surface area contributed by atoms with Gasteiger partial charge in [0.2, 0.25) is 0 Å². The summed E-state index contributed by atoms with van der Waals surface area (Å²) in [6.45, 7) is 10.9. The molecule has 3 rings (SSSR count). The van der Waals surface area contributed by atoms with E-state index in [1.165, 1.54) is 23.8 Å². The van der Waals surface area contributed by atoms with E-state index in [1.54, 1.807) is 6.92 Å². The van der Waals surface area contributed by atoms with E-state index in [0.717, 1.165) is 34.5 Å². The molecular formula is C23H27NO3. The Labute approximate surface area is 160 Å². The van der Waals surface area contributed by atoms with Crippen LogP contribution in [-0.2, 0) is 16.1 Å². The van der Waals surface area contributed by atoms with Crippen LogP contribution in [0.5, 0.6) is 5.75 Å². The molecule has 142 valence electrons. The van der Waals surface area contributed by atoms with E-state index in [1.807, 2.05) is 13.0 Å². The van der Waals surface area contributed by atoms with Crippen LogP contribution in [0.25, 0.3) is 10.9 Å². The maximum absolute atomic E-state index is 11.9. The number of hydrogen-bond acceptors (Lipinski definition) is 3. The maximum atomic E-state index is 11.9. The minimum absolute atomic E-state index is 0.374. The number of fused-ring (bicyclic) bond motifs is 1. The van der Waals surface area contributed by atoms with Crippen molar-refractivity contribution in [1.82, 2.24) is 4.57 Å². The number of aryl methyl sites for hydroxylation is 2. The molecule has 1 unspecified atom stereocenters. The Kier molecular flexibility index (Phi) is 5.26. The van der Waals surface area contributed by atoms with Crippen LogP contribution in [0, 0.1) is 27.7 Å². The van der Waals surface area contributed by atoms with Crippen LogP contribution in [0.1, 0.15) is 34.9 Å². The second kappa shape index (κ2) is 7.47. The van der Waals surface area contributed by atoms with Crippen molar-refractivity contribution in [3.8, 4) is 5.75 Å². The number of nitrogens with zero attached hydrogens (tertiary/aromatic N) is 1. The van der Waals surface area contributed by atoms with Gasteiger partial charge in [0.15, 0.2) is 6.10 Å². The SMILES string of the molecule is COC(=O)C(C)Oc1c(C)c(C)c(C)c2c1cc(C)n2Cc1ccccc1. The van der Waals surface area contributed by atoms with E-state index >= 15 is 0 Å². The molecule has 0 aliphatic carbocycles. The summed E-state index contributed by atoms with van der Waals surface area (Å²) in [5, 5.41) is 1.04. The van der Waals surface area contributed by atoms with Crippen molar-refractivity contribution in [3.63, 3.8) is 0 Å². The van der Waals surface area contributed by atoms with E-state index in [0.29, 0.717) is 0 Å². The molecule has 0 saturated carbocycles. The van der Waals surface area contributed by atoms with Gasteiger partial charge in [0, 0.05) is 17.6 Å². The van der Waals surface area contributed by atoms with Gasteiger partial charge >= 0.3 is 5.97 Å². The second-order valence-corrected chi connectivity index (χ2v) is 7.11. The predicted octanol–water partition coefficient (Wildman–Crippen LogP) is 4.86. The summed E-state index contributed by atoms with van der Waals surface area (Å²) >= 11 is 0. The third kappa shape index (κ3) is 3.44. The first-order chi connectivity index (χ1) is 12.8. The molecule has 0 spiro atoms. The Bertz CT molecular complexity index is 986. The third-order valence-corrected chi connectivity index (χ3v) is 5.38. The van der Waals surface area contributed by atoms with E-state index in [-0.39, 0.29) is 5.97 Å². The molecule has 4 heteroatoms. The molecular weight excluding hydrogens is 338 g/mol. The van der Waals surface area contributed by atoms with Crippen molar-refractivity contribution in [2.75, 3.05) is 7.11 Å². The predicted molar refractivity (Wildman–Crippen MR) is 109 cm³/mol. The molecule has 0 aliphatic heterocycles. The number of methoxy groups -OCH3 is 1. The van der Waals surface area contributed by atoms with Crippen LogP contribution in [0.3, 0.4) is 0 Å². The monoisotopic (exact) mass is 365 g/mol. The zero-order chi connectivity index (χ0) is 19.7. The number of hydrogen-bond donors (Lipinski definition) is 0. The van der Waals surface area contributed by atoms with Crippen LogP contribution >= 0.6 is 0 Å². The molecule has 4 nitrogen and oxygen atoms in total. The third-order valence-electron chi connectivity index (χ3n) is 5.38. The van der Waals surface area contributed by atoms with Gasteiger partial charge in [-0.1, -0.05) is 30.3 Å². The fraction of sp³-hybridized carbons (Fsp3) is 0.348. The highest BCUT2D eigenvalue weighted by molar-refractivity contribution is 5.93. The van der Waals surface area contributed by atoms with Crippen molar-refractivity contribution in [3.05, 3.63) is 64.3 Å². The lowest BCUT2D eigenvalue weighted by molar-refractivity contribution is -0.147. The average Bonchev–Trinajstić information content (AvgIpc) is 2.99. The normalized spacial score (nSPS) is 12.2. The van der Waals surface area contributed by atoms with E-state index in [4.69, 9.17) is 9.47 Å². The van der Waals surface area contributed by atoms with Gasteiger partial charge in [0.05, 0.1) is 12.6 Å². The topological polar surface area (TPSA) is 40.5 Å². The minimum atomic E-state index is -0.656. The highest BCUT2D eigenvalue weighted by Crippen LogP contribution is 2.38. The molecule has 27 heavy (non-hydrogen) atoms. The Morgan fingerprint density at radius 1 is 1.04 bits per heavy atom. The summed E-state index contributed by atoms with van der Waals surface area (Å²) in [6, 6.07) is 12.6. The lowest BCUT2D eigenvalue weighted by atomic mass is 9.99. The number of benzene rings is 2. The Morgan fingerprint density at radius 2 is 1.70 bits per heavy atom. The quantitative estimate of drug-likeness (QED) is 0.606. The van der Waals surface area contributed by atoms with Gasteiger partial charge in [-0.2, -0.15) is 0 Å².